The third-order valence-corrected chi connectivity index (χ3v) is 8.25. The molecule has 11 heteroatoms. The molecule has 1 atom stereocenters. The number of nitrogen functional groups attached to an aromatic ring is 1. The maximum Gasteiger partial charge on any atom is 0.265 e. The molecule has 0 saturated heterocycles. The van der Waals surface area contributed by atoms with Crippen molar-refractivity contribution in [2.75, 3.05) is 5.73 Å². The number of thiazole rings is 1. The molecule has 41 heavy (non-hydrogen) atoms. The van der Waals surface area contributed by atoms with Gasteiger partial charge >= 0.3 is 0 Å². The minimum Gasteiger partial charge on any atom is -0.491 e. The molecule has 0 aliphatic carbocycles. The Morgan fingerprint density at radius 2 is 1.88 bits per heavy atom. The van der Waals surface area contributed by atoms with Crippen LogP contribution in [0.3, 0.4) is 0 Å². The van der Waals surface area contributed by atoms with E-state index in [1.807, 2.05) is 52.0 Å². The Morgan fingerprint density at radius 3 is 2.61 bits per heavy atom. The van der Waals surface area contributed by atoms with Crippen LogP contribution in [0.5, 0.6) is 5.75 Å². The zero-order valence-electron chi connectivity index (χ0n) is 22.7. The monoisotopic (exact) mass is 588 g/mol. The lowest BCUT2D eigenvalue weighted by Crippen LogP contribution is -2.20. The summed E-state index contributed by atoms with van der Waals surface area (Å²) in [7, 11) is 0. The number of halogens is 2. The van der Waals surface area contributed by atoms with Crippen LogP contribution in [-0.2, 0) is 0 Å². The van der Waals surface area contributed by atoms with Crippen molar-refractivity contribution in [3.05, 3.63) is 92.7 Å². The Balaban J connectivity index is 1.59. The number of anilines is 1. The highest BCUT2D eigenvalue weighted by Crippen LogP contribution is 2.37. The van der Waals surface area contributed by atoms with Crippen molar-refractivity contribution >= 4 is 44.6 Å². The minimum absolute atomic E-state index is 0.0383. The number of fused-ring (bicyclic) bond motifs is 2. The van der Waals surface area contributed by atoms with Gasteiger partial charge in [-0.1, -0.05) is 23.7 Å². The van der Waals surface area contributed by atoms with E-state index in [1.54, 1.807) is 22.2 Å². The van der Waals surface area contributed by atoms with Gasteiger partial charge in [0.2, 0.25) is 0 Å². The molecule has 0 aliphatic rings. The summed E-state index contributed by atoms with van der Waals surface area (Å²) in [6, 6.07) is 13.2. The first-order chi connectivity index (χ1) is 19.6. The molecule has 6 rings (SSSR count). The molecule has 8 nitrogen and oxygen atoms in total. The zero-order chi connectivity index (χ0) is 29.0. The largest absolute Gasteiger partial charge is 0.491 e. The molecule has 0 bridgehead atoms. The molecule has 2 N–H and O–H groups in total. The number of ether oxygens (including phenoxy) is 1. The van der Waals surface area contributed by atoms with Crippen molar-refractivity contribution in [1.29, 1.82) is 0 Å². The number of benzene rings is 2. The van der Waals surface area contributed by atoms with E-state index in [0.717, 1.165) is 16.9 Å². The number of hydrogen-bond acceptors (Lipinski definition) is 7. The predicted octanol–water partition coefficient (Wildman–Crippen LogP) is 6.91. The number of aryl methyl sites for hydroxylation is 1. The highest BCUT2D eigenvalue weighted by Gasteiger charge is 2.26. The van der Waals surface area contributed by atoms with Crippen LogP contribution in [0.1, 0.15) is 37.9 Å². The van der Waals surface area contributed by atoms with Gasteiger partial charge in [0, 0.05) is 10.9 Å². The second kappa shape index (κ2) is 10.3. The number of aromatic nitrogens is 5. The van der Waals surface area contributed by atoms with Gasteiger partial charge in [-0.25, -0.2) is 19.0 Å². The lowest BCUT2D eigenvalue weighted by molar-refractivity contribution is 0.241. The molecule has 0 saturated carbocycles. The molecule has 0 fully saturated rings. The fraction of sp³-hybridized carbons (Fsp3) is 0.200. The third-order valence-electron chi connectivity index (χ3n) is 6.95. The standard InChI is InChI=1S/C30H26ClFN6O2S/c1-15(2)40-22-9-8-19(10-16(22)3)27-26-28(33)34-14-35-29(26)38(36-27)17(4)21-12-24-37(23(31)13-41-24)30(39)25(21)18-6-5-7-20(32)11-18/h5-15,17H,1-4H3,(H2,33,34,35)/t17-/m0/s1. The van der Waals surface area contributed by atoms with Crippen LogP contribution in [0.4, 0.5) is 10.2 Å². The summed E-state index contributed by atoms with van der Waals surface area (Å²) in [5, 5.41) is 7.57. The van der Waals surface area contributed by atoms with Crippen LogP contribution in [0.15, 0.2) is 65.0 Å². The quantitative estimate of drug-likeness (QED) is 0.227. The van der Waals surface area contributed by atoms with Gasteiger partial charge < -0.3 is 10.5 Å². The highest BCUT2D eigenvalue weighted by atomic mass is 35.5. The normalized spacial score (nSPS) is 12.5. The average Bonchev–Trinajstić information content (AvgIpc) is 3.51. The molecular formula is C30H26ClFN6O2S. The molecule has 0 spiro atoms. The number of pyridine rings is 1. The SMILES string of the molecule is Cc1cc(-c2nn([C@@H](C)c3cc4scc(Cl)n4c(=O)c3-c3cccc(F)c3)c3ncnc(N)c23)ccc1OC(C)C. The summed E-state index contributed by atoms with van der Waals surface area (Å²) in [6.45, 7) is 7.85. The van der Waals surface area contributed by atoms with Gasteiger partial charge in [-0.05, 0) is 80.8 Å². The second-order valence-corrected chi connectivity index (χ2v) is 11.4. The minimum atomic E-state index is -0.498. The first-order valence-electron chi connectivity index (χ1n) is 13.0. The molecule has 0 aliphatic heterocycles. The van der Waals surface area contributed by atoms with E-state index in [0.29, 0.717) is 43.4 Å². The van der Waals surface area contributed by atoms with Crippen LogP contribution in [0.25, 0.3) is 38.2 Å². The molecule has 2 aromatic carbocycles. The first-order valence-corrected chi connectivity index (χ1v) is 14.2. The lowest BCUT2D eigenvalue weighted by atomic mass is 9.97. The van der Waals surface area contributed by atoms with E-state index in [9.17, 15) is 9.18 Å². The van der Waals surface area contributed by atoms with Gasteiger partial charge in [-0.2, -0.15) is 5.10 Å². The van der Waals surface area contributed by atoms with E-state index in [-0.39, 0.29) is 17.5 Å². The molecule has 0 radical (unpaired) electrons. The Labute approximate surface area is 243 Å². The number of hydrogen-bond donors (Lipinski definition) is 1. The number of nitrogens with zero attached hydrogens (tertiary/aromatic N) is 5. The Bertz CT molecular complexity index is 2010. The fourth-order valence-electron chi connectivity index (χ4n) is 5.10. The molecular weight excluding hydrogens is 563 g/mol. The number of nitrogens with two attached hydrogens (primary N) is 1. The number of rotatable bonds is 6. The van der Waals surface area contributed by atoms with Gasteiger partial charge in [0.05, 0.1) is 23.1 Å². The first kappa shape index (κ1) is 26.9. The van der Waals surface area contributed by atoms with Crippen LogP contribution in [0, 0.1) is 12.7 Å². The molecule has 4 heterocycles. The van der Waals surface area contributed by atoms with E-state index in [2.05, 4.69) is 9.97 Å². The van der Waals surface area contributed by atoms with Crippen molar-refractivity contribution in [2.24, 2.45) is 0 Å². The maximum absolute atomic E-state index is 14.4. The van der Waals surface area contributed by atoms with Crippen LogP contribution < -0.4 is 16.0 Å². The molecule has 6 aromatic rings. The molecule has 208 valence electrons. The van der Waals surface area contributed by atoms with Crippen LogP contribution >= 0.6 is 22.9 Å². The predicted molar refractivity (Wildman–Crippen MR) is 161 cm³/mol. The molecule has 4 aromatic heterocycles. The van der Waals surface area contributed by atoms with Crippen LogP contribution in [-0.4, -0.2) is 30.3 Å². The van der Waals surface area contributed by atoms with Crippen LogP contribution in [0.2, 0.25) is 5.15 Å². The zero-order valence-corrected chi connectivity index (χ0v) is 24.3. The summed E-state index contributed by atoms with van der Waals surface area (Å²) in [6.07, 6.45) is 1.43. The van der Waals surface area contributed by atoms with E-state index < -0.39 is 11.9 Å². The molecule has 0 amide bonds. The van der Waals surface area contributed by atoms with Gasteiger partial charge in [0.1, 0.15) is 39.4 Å². The van der Waals surface area contributed by atoms with Gasteiger partial charge in [-0.3, -0.25) is 9.20 Å². The fourth-order valence-corrected chi connectivity index (χ4v) is 6.26. The van der Waals surface area contributed by atoms with Crippen molar-refractivity contribution in [2.45, 2.75) is 39.8 Å². The summed E-state index contributed by atoms with van der Waals surface area (Å²) >= 11 is 7.72. The highest BCUT2D eigenvalue weighted by molar-refractivity contribution is 7.16. The Kier molecular flexibility index (Phi) is 6.75. The van der Waals surface area contributed by atoms with E-state index >= 15 is 0 Å². The van der Waals surface area contributed by atoms with E-state index in [4.69, 9.17) is 27.2 Å². The van der Waals surface area contributed by atoms with Gasteiger partial charge in [-0.15, -0.1) is 11.3 Å². The average molecular weight is 589 g/mol. The summed E-state index contributed by atoms with van der Waals surface area (Å²) in [5.74, 6) is 0.623. The third kappa shape index (κ3) is 4.62. The van der Waals surface area contributed by atoms with Gasteiger partial charge in [0.15, 0.2) is 5.65 Å². The van der Waals surface area contributed by atoms with Crippen molar-refractivity contribution in [1.82, 2.24) is 24.1 Å². The summed E-state index contributed by atoms with van der Waals surface area (Å²) in [4.78, 5) is 23.3. The smallest absolute Gasteiger partial charge is 0.265 e. The Morgan fingerprint density at radius 1 is 1.07 bits per heavy atom. The molecule has 0 unspecified atom stereocenters. The van der Waals surface area contributed by atoms with Crippen molar-refractivity contribution in [3.8, 4) is 28.1 Å². The van der Waals surface area contributed by atoms with E-state index in [1.165, 1.54) is 34.2 Å². The van der Waals surface area contributed by atoms with Crippen molar-refractivity contribution in [3.63, 3.8) is 0 Å². The maximum atomic E-state index is 14.4. The van der Waals surface area contributed by atoms with Gasteiger partial charge in [0.25, 0.3) is 5.56 Å². The topological polar surface area (TPSA) is 100 Å². The second-order valence-electron chi connectivity index (χ2n) is 10.1. The lowest BCUT2D eigenvalue weighted by Gasteiger charge is -2.18. The van der Waals surface area contributed by atoms with Crippen molar-refractivity contribution < 1.29 is 9.13 Å². The summed E-state index contributed by atoms with van der Waals surface area (Å²) in [5.41, 5.74) is 10.3. The Hall–Kier alpha value is -4.28. The summed E-state index contributed by atoms with van der Waals surface area (Å²) < 4.78 is 23.4.